The third kappa shape index (κ3) is 4.17. The number of nitrogens with two attached hydrogens (primary N) is 1. The first kappa shape index (κ1) is 15.7. The minimum atomic E-state index is -0.546. The van der Waals surface area contributed by atoms with Crippen LogP contribution in [-0.4, -0.2) is 54.7 Å². The van der Waals surface area contributed by atoms with Gasteiger partial charge in [-0.3, -0.25) is 9.69 Å². The number of rotatable bonds is 8. The average Bonchev–Trinajstić information content (AvgIpc) is 3.23. The van der Waals surface area contributed by atoms with Gasteiger partial charge in [-0.05, 0) is 45.6 Å². The van der Waals surface area contributed by atoms with Crippen molar-refractivity contribution in [2.45, 2.75) is 63.6 Å². The van der Waals surface area contributed by atoms with Crippen LogP contribution in [0.3, 0.4) is 0 Å². The zero-order valence-corrected chi connectivity index (χ0v) is 12.9. The molecule has 2 rings (SSSR count). The van der Waals surface area contributed by atoms with Gasteiger partial charge in [0, 0.05) is 18.6 Å². The van der Waals surface area contributed by atoms with Crippen LogP contribution in [0.4, 0.5) is 0 Å². The molecule has 1 amide bonds. The highest BCUT2D eigenvalue weighted by Gasteiger charge is 2.36. The Morgan fingerprint density at radius 2 is 2.25 bits per heavy atom. The van der Waals surface area contributed by atoms with E-state index in [2.05, 4.69) is 17.1 Å². The summed E-state index contributed by atoms with van der Waals surface area (Å²) in [5.41, 5.74) is 5.04. The highest BCUT2D eigenvalue weighted by molar-refractivity contribution is 5.84. The molecule has 3 N–H and O–H groups in total. The molecular weight excluding hydrogens is 254 g/mol. The summed E-state index contributed by atoms with van der Waals surface area (Å²) in [6.07, 6.45) is 5.27. The molecule has 0 aromatic rings. The number of carbonyl (C=O) groups is 1. The average molecular weight is 283 g/mol. The predicted molar refractivity (Wildman–Crippen MR) is 79.5 cm³/mol. The fourth-order valence-corrected chi connectivity index (χ4v) is 2.94. The lowest BCUT2D eigenvalue weighted by Crippen LogP contribution is -2.54. The van der Waals surface area contributed by atoms with Crippen molar-refractivity contribution in [3.05, 3.63) is 0 Å². The van der Waals surface area contributed by atoms with E-state index in [1.165, 1.54) is 12.8 Å². The van der Waals surface area contributed by atoms with Crippen LogP contribution in [0.5, 0.6) is 0 Å². The highest BCUT2D eigenvalue weighted by atomic mass is 16.5. The normalized spacial score (nSPS) is 27.2. The molecule has 5 nitrogen and oxygen atoms in total. The zero-order valence-electron chi connectivity index (χ0n) is 12.9. The number of nitrogens with zero attached hydrogens (tertiary/aromatic N) is 1. The Hall–Kier alpha value is -0.650. The van der Waals surface area contributed by atoms with Crippen LogP contribution in [0.1, 0.15) is 46.0 Å². The SMILES string of the molecule is CCC1COCCN1CCCC(C)(NC1CC1)C(N)=O. The molecule has 1 heterocycles. The number of hydrogen-bond donors (Lipinski definition) is 2. The largest absolute Gasteiger partial charge is 0.378 e. The predicted octanol–water partition coefficient (Wildman–Crippen LogP) is 0.873. The molecule has 1 saturated heterocycles. The third-order valence-electron chi connectivity index (χ3n) is 4.59. The van der Waals surface area contributed by atoms with Crippen molar-refractivity contribution in [2.24, 2.45) is 5.73 Å². The van der Waals surface area contributed by atoms with Gasteiger partial charge < -0.3 is 15.8 Å². The van der Waals surface area contributed by atoms with Crippen molar-refractivity contribution in [3.63, 3.8) is 0 Å². The van der Waals surface area contributed by atoms with Gasteiger partial charge in [-0.1, -0.05) is 6.92 Å². The summed E-state index contributed by atoms with van der Waals surface area (Å²) in [6.45, 7) is 7.84. The summed E-state index contributed by atoms with van der Waals surface area (Å²) in [5.74, 6) is -0.224. The number of ether oxygens (including phenoxy) is 1. The number of hydrogen-bond acceptors (Lipinski definition) is 4. The molecule has 0 bridgehead atoms. The van der Waals surface area contributed by atoms with Crippen molar-refractivity contribution in [2.75, 3.05) is 26.3 Å². The number of nitrogens with one attached hydrogen (secondary N) is 1. The van der Waals surface area contributed by atoms with E-state index < -0.39 is 5.54 Å². The minimum Gasteiger partial charge on any atom is -0.378 e. The van der Waals surface area contributed by atoms with E-state index in [0.717, 1.165) is 45.6 Å². The lowest BCUT2D eigenvalue weighted by Gasteiger charge is -2.36. The standard InChI is InChI=1S/C15H29N3O2/c1-3-13-11-20-10-9-18(13)8-4-7-15(2,14(16)19)17-12-5-6-12/h12-13,17H,3-11H2,1-2H3,(H2,16,19). The quantitative estimate of drug-likeness (QED) is 0.694. The Bertz CT molecular complexity index is 333. The molecule has 1 saturated carbocycles. The Balaban J connectivity index is 1.78. The lowest BCUT2D eigenvalue weighted by atomic mass is 9.94. The van der Waals surface area contributed by atoms with Crippen LogP contribution in [0, 0.1) is 0 Å². The topological polar surface area (TPSA) is 67.6 Å². The Labute approximate surface area is 122 Å². The van der Waals surface area contributed by atoms with Gasteiger partial charge in [0.2, 0.25) is 5.91 Å². The molecule has 2 unspecified atom stereocenters. The van der Waals surface area contributed by atoms with Gasteiger partial charge in [-0.2, -0.15) is 0 Å². The second-order valence-electron chi connectivity index (χ2n) is 6.39. The van der Waals surface area contributed by atoms with Gasteiger partial charge in [0.05, 0.1) is 18.8 Å². The highest BCUT2D eigenvalue weighted by Crippen LogP contribution is 2.25. The van der Waals surface area contributed by atoms with Crippen molar-refractivity contribution < 1.29 is 9.53 Å². The van der Waals surface area contributed by atoms with Crippen molar-refractivity contribution in [1.82, 2.24) is 10.2 Å². The lowest BCUT2D eigenvalue weighted by molar-refractivity contribution is -0.124. The zero-order chi connectivity index (χ0) is 14.6. The molecule has 0 spiro atoms. The molecule has 20 heavy (non-hydrogen) atoms. The molecule has 2 aliphatic rings. The first-order valence-corrected chi connectivity index (χ1v) is 7.94. The van der Waals surface area contributed by atoms with E-state index in [1.807, 2.05) is 6.92 Å². The van der Waals surface area contributed by atoms with Crippen LogP contribution in [0.2, 0.25) is 0 Å². The number of morpholine rings is 1. The van der Waals surface area contributed by atoms with Gasteiger partial charge in [0.25, 0.3) is 0 Å². The minimum absolute atomic E-state index is 0.224. The molecular formula is C15H29N3O2. The second-order valence-corrected chi connectivity index (χ2v) is 6.39. The van der Waals surface area contributed by atoms with Gasteiger partial charge in [-0.25, -0.2) is 0 Å². The van der Waals surface area contributed by atoms with Crippen LogP contribution in [0.15, 0.2) is 0 Å². The fourth-order valence-electron chi connectivity index (χ4n) is 2.94. The van der Waals surface area contributed by atoms with Gasteiger partial charge >= 0.3 is 0 Å². The fraction of sp³-hybridized carbons (Fsp3) is 0.933. The summed E-state index contributed by atoms with van der Waals surface area (Å²) >= 11 is 0. The van der Waals surface area contributed by atoms with E-state index in [4.69, 9.17) is 10.5 Å². The number of carbonyl (C=O) groups excluding carboxylic acids is 1. The van der Waals surface area contributed by atoms with E-state index in [1.54, 1.807) is 0 Å². The molecule has 0 radical (unpaired) electrons. The molecule has 5 heteroatoms. The maximum Gasteiger partial charge on any atom is 0.237 e. The number of primary amides is 1. The molecule has 1 aliphatic carbocycles. The van der Waals surface area contributed by atoms with Crippen LogP contribution >= 0.6 is 0 Å². The molecule has 2 fully saturated rings. The first-order chi connectivity index (χ1) is 9.55. The molecule has 2 atom stereocenters. The van der Waals surface area contributed by atoms with Crippen molar-refractivity contribution >= 4 is 5.91 Å². The van der Waals surface area contributed by atoms with Gasteiger partial charge in [-0.15, -0.1) is 0 Å². The van der Waals surface area contributed by atoms with Crippen molar-refractivity contribution in [1.29, 1.82) is 0 Å². The van der Waals surface area contributed by atoms with Crippen LogP contribution in [0.25, 0.3) is 0 Å². The molecule has 0 aromatic carbocycles. The second kappa shape index (κ2) is 6.87. The third-order valence-corrected chi connectivity index (χ3v) is 4.59. The van der Waals surface area contributed by atoms with Crippen LogP contribution < -0.4 is 11.1 Å². The molecule has 116 valence electrons. The Morgan fingerprint density at radius 1 is 1.50 bits per heavy atom. The maximum atomic E-state index is 11.7. The monoisotopic (exact) mass is 283 g/mol. The Kier molecular flexibility index (Phi) is 5.41. The summed E-state index contributed by atoms with van der Waals surface area (Å²) in [4.78, 5) is 14.2. The van der Waals surface area contributed by atoms with E-state index >= 15 is 0 Å². The van der Waals surface area contributed by atoms with Crippen LogP contribution in [-0.2, 0) is 9.53 Å². The molecule has 0 aromatic heterocycles. The smallest absolute Gasteiger partial charge is 0.237 e. The van der Waals surface area contributed by atoms with Crippen molar-refractivity contribution in [3.8, 4) is 0 Å². The first-order valence-electron chi connectivity index (χ1n) is 7.94. The number of amides is 1. The van der Waals surface area contributed by atoms with E-state index in [-0.39, 0.29) is 5.91 Å². The summed E-state index contributed by atoms with van der Waals surface area (Å²) < 4.78 is 5.52. The molecule has 1 aliphatic heterocycles. The van der Waals surface area contributed by atoms with Gasteiger partial charge in [0.15, 0.2) is 0 Å². The summed E-state index contributed by atoms with van der Waals surface area (Å²) in [6, 6.07) is 1.03. The summed E-state index contributed by atoms with van der Waals surface area (Å²) in [7, 11) is 0. The van der Waals surface area contributed by atoms with E-state index in [0.29, 0.717) is 12.1 Å². The van der Waals surface area contributed by atoms with Gasteiger partial charge in [0.1, 0.15) is 0 Å². The van der Waals surface area contributed by atoms with E-state index in [9.17, 15) is 4.79 Å². The summed E-state index contributed by atoms with van der Waals surface area (Å²) in [5, 5.41) is 3.41. The maximum absolute atomic E-state index is 11.7. The Morgan fingerprint density at radius 3 is 2.85 bits per heavy atom.